The normalized spacial score (nSPS) is 18.7. The van der Waals surface area contributed by atoms with Crippen LogP contribution in [-0.4, -0.2) is 50.0 Å². The molecule has 1 aliphatic carbocycles. The average Bonchev–Trinajstić information content (AvgIpc) is 2.51. The van der Waals surface area contributed by atoms with Crippen molar-refractivity contribution >= 4 is 0 Å². The predicted molar refractivity (Wildman–Crippen MR) is 78.1 cm³/mol. The maximum absolute atomic E-state index is 9.84. The van der Waals surface area contributed by atoms with Gasteiger partial charge in [-0.15, -0.1) is 0 Å². The Morgan fingerprint density at radius 1 is 1.48 bits per heavy atom. The second-order valence-electron chi connectivity index (χ2n) is 4.79. The fraction of sp³-hybridized carbons (Fsp3) is 0.667. The molecule has 0 spiro atoms. The number of nitrogens with zero attached hydrogens (tertiary/aromatic N) is 1. The van der Waals surface area contributed by atoms with Crippen molar-refractivity contribution < 1.29 is 19.7 Å². The second-order valence-corrected chi connectivity index (χ2v) is 4.79. The molecule has 6 nitrogen and oxygen atoms in total. The van der Waals surface area contributed by atoms with Crippen molar-refractivity contribution in [1.29, 1.82) is 5.26 Å². The van der Waals surface area contributed by atoms with Gasteiger partial charge in [-0.25, -0.2) is 0 Å². The van der Waals surface area contributed by atoms with Gasteiger partial charge in [0, 0.05) is 26.0 Å². The molecule has 6 heteroatoms. The maximum atomic E-state index is 9.84. The number of hydrogen-bond acceptors (Lipinski definition) is 6. The van der Waals surface area contributed by atoms with Crippen LogP contribution < -0.4 is 5.32 Å². The van der Waals surface area contributed by atoms with Crippen LogP contribution in [0.5, 0.6) is 0 Å². The first kappa shape index (κ1) is 17.7. The molecule has 1 rings (SSSR count). The Bertz CT molecular complexity index is 412. The molecule has 21 heavy (non-hydrogen) atoms. The van der Waals surface area contributed by atoms with Gasteiger partial charge in [-0.05, 0) is 37.3 Å². The topological polar surface area (TPSA) is 94.7 Å². The van der Waals surface area contributed by atoms with Crippen molar-refractivity contribution in [3.8, 4) is 6.07 Å². The third kappa shape index (κ3) is 6.27. The predicted octanol–water partition coefficient (Wildman–Crippen LogP) is 0.828. The van der Waals surface area contributed by atoms with Crippen LogP contribution in [0.3, 0.4) is 0 Å². The minimum Gasteiger partial charge on any atom is -0.394 e. The molecule has 0 heterocycles. The summed E-state index contributed by atoms with van der Waals surface area (Å²) in [6.45, 7) is 1.34. The summed E-state index contributed by atoms with van der Waals surface area (Å²) in [5, 5.41) is 31.1. The first-order valence-corrected chi connectivity index (χ1v) is 7.20. The summed E-state index contributed by atoms with van der Waals surface area (Å²) >= 11 is 0. The van der Waals surface area contributed by atoms with E-state index in [9.17, 15) is 10.4 Å². The SMILES string of the molecule is COCCCNC1=C/C(=C(/C#N)C(O)OCCO)CCC1. The van der Waals surface area contributed by atoms with Gasteiger partial charge in [0.25, 0.3) is 0 Å². The highest BCUT2D eigenvalue weighted by Gasteiger charge is 2.18. The Balaban J connectivity index is 2.69. The molecule has 0 fully saturated rings. The van der Waals surface area contributed by atoms with E-state index in [1.807, 2.05) is 12.1 Å². The molecule has 1 unspecified atom stereocenters. The first-order chi connectivity index (χ1) is 10.2. The van der Waals surface area contributed by atoms with E-state index in [1.165, 1.54) is 0 Å². The number of aliphatic hydroxyl groups is 2. The molecular formula is C15H24N2O4. The van der Waals surface area contributed by atoms with Gasteiger partial charge in [-0.2, -0.15) is 5.26 Å². The summed E-state index contributed by atoms with van der Waals surface area (Å²) < 4.78 is 10.00. The van der Waals surface area contributed by atoms with E-state index in [1.54, 1.807) is 7.11 Å². The molecule has 0 aromatic carbocycles. The monoisotopic (exact) mass is 296 g/mol. The largest absolute Gasteiger partial charge is 0.394 e. The number of nitriles is 1. The Morgan fingerprint density at radius 2 is 2.29 bits per heavy atom. The summed E-state index contributed by atoms with van der Waals surface area (Å²) in [7, 11) is 1.67. The minimum absolute atomic E-state index is 0.00542. The van der Waals surface area contributed by atoms with E-state index in [-0.39, 0.29) is 18.8 Å². The third-order valence-electron chi connectivity index (χ3n) is 3.20. The van der Waals surface area contributed by atoms with Gasteiger partial charge in [-0.1, -0.05) is 0 Å². The number of allylic oxidation sites excluding steroid dienone is 3. The van der Waals surface area contributed by atoms with Crippen molar-refractivity contribution in [3.63, 3.8) is 0 Å². The Morgan fingerprint density at radius 3 is 2.95 bits per heavy atom. The number of hydrogen-bond donors (Lipinski definition) is 3. The molecule has 1 atom stereocenters. The molecule has 0 amide bonds. The Kier molecular flexibility index (Phi) is 8.71. The summed E-state index contributed by atoms with van der Waals surface area (Å²) in [6.07, 6.45) is 4.16. The lowest BCUT2D eigenvalue weighted by atomic mass is 9.95. The number of aliphatic hydroxyl groups excluding tert-OH is 2. The van der Waals surface area contributed by atoms with Gasteiger partial charge >= 0.3 is 0 Å². The van der Waals surface area contributed by atoms with Gasteiger partial charge < -0.3 is 25.0 Å². The second kappa shape index (κ2) is 10.4. The summed E-state index contributed by atoms with van der Waals surface area (Å²) in [4.78, 5) is 0. The van der Waals surface area contributed by atoms with Crippen LogP contribution in [0, 0.1) is 11.3 Å². The van der Waals surface area contributed by atoms with Crippen LogP contribution in [0.15, 0.2) is 22.9 Å². The van der Waals surface area contributed by atoms with Gasteiger partial charge in [0.2, 0.25) is 0 Å². The van der Waals surface area contributed by atoms with Crippen molar-refractivity contribution in [3.05, 3.63) is 22.9 Å². The molecule has 0 aliphatic heterocycles. The zero-order valence-electron chi connectivity index (χ0n) is 12.5. The van der Waals surface area contributed by atoms with Crippen molar-refractivity contribution in [1.82, 2.24) is 5.32 Å². The van der Waals surface area contributed by atoms with Crippen molar-refractivity contribution in [2.75, 3.05) is 33.5 Å². The number of rotatable bonds is 9. The van der Waals surface area contributed by atoms with Crippen molar-refractivity contribution in [2.24, 2.45) is 0 Å². The number of ether oxygens (including phenoxy) is 2. The van der Waals surface area contributed by atoms with Crippen LogP contribution in [0.2, 0.25) is 0 Å². The number of nitrogens with one attached hydrogen (secondary N) is 1. The van der Waals surface area contributed by atoms with Crippen molar-refractivity contribution in [2.45, 2.75) is 32.0 Å². The molecule has 1 aliphatic rings. The molecule has 0 saturated carbocycles. The Labute approximate surface area is 125 Å². The molecule has 118 valence electrons. The fourth-order valence-corrected chi connectivity index (χ4v) is 2.17. The highest BCUT2D eigenvalue weighted by atomic mass is 16.6. The van der Waals surface area contributed by atoms with E-state index in [2.05, 4.69) is 5.32 Å². The Hall–Kier alpha value is -1.39. The molecular weight excluding hydrogens is 272 g/mol. The van der Waals surface area contributed by atoms with Crippen LogP contribution in [0.1, 0.15) is 25.7 Å². The van der Waals surface area contributed by atoms with Crippen LogP contribution >= 0.6 is 0 Å². The fourth-order valence-electron chi connectivity index (χ4n) is 2.17. The third-order valence-corrected chi connectivity index (χ3v) is 3.20. The summed E-state index contributed by atoms with van der Waals surface area (Å²) in [5.41, 5.74) is 2.08. The van der Waals surface area contributed by atoms with Gasteiger partial charge in [0.15, 0.2) is 6.29 Å². The summed E-state index contributed by atoms with van der Waals surface area (Å²) in [6, 6.07) is 2.01. The van der Waals surface area contributed by atoms with E-state index in [0.717, 1.165) is 43.5 Å². The lowest BCUT2D eigenvalue weighted by Crippen LogP contribution is -2.21. The molecule has 0 aromatic heterocycles. The highest BCUT2D eigenvalue weighted by molar-refractivity contribution is 5.39. The minimum atomic E-state index is -1.28. The smallest absolute Gasteiger partial charge is 0.191 e. The lowest BCUT2D eigenvalue weighted by molar-refractivity contribution is -0.0789. The standard InChI is InChI=1S/C15H24N2O4/c1-20-8-3-6-17-13-5-2-4-12(10-13)14(11-16)15(19)21-9-7-18/h10,15,17-19H,2-9H2,1H3/b14-12-. The molecule has 0 radical (unpaired) electrons. The average molecular weight is 296 g/mol. The summed E-state index contributed by atoms with van der Waals surface area (Å²) in [5.74, 6) is 0. The molecule has 0 saturated heterocycles. The zero-order valence-corrected chi connectivity index (χ0v) is 12.5. The quantitative estimate of drug-likeness (QED) is 0.331. The molecule has 0 aromatic rings. The van der Waals surface area contributed by atoms with E-state index < -0.39 is 6.29 Å². The highest BCUT2D eigenvalue weighted by Crippen LogP contribution is 2.25. The number of methoxy groups -OCH3 is 1. The van der Waals surface area contributed by atoms with Crippen LogP contribution in [0.25, 0.3) is 0 Å². The lowest BCUT2D eigenvalue weighted by Gasteiger charge is -2.20. The zero-order chi connectivity index (χ0) is 15.5. The first-order valence-electron chi connectivity index (χ1n) is 7.20. The van der Waals surface area contributed by atoms with Gasteiger partial charge in [-0.3, -0.25) is 0 Å². The van der Waals surface area contributed by atoms with E-state index >= 15 is 0 Å². The van der Waals surface area contributed by atoms with Gasteiger partial charge in [0.05, 0.1) is 18.8 Å². The molecule has 3 N–H and O–H groups in total. The maximum Gasteiger partial charge on any atom is 0.191 e. The van der Waals surface area contributed by atoms with E-state index in [0.29, 0.717) is 6.61 Å². The molecule has 0 bridgehead atoms. The van der Waals surface area contributed by atoms with Gasteiger partial charge in [0.1, 0.15) is 6.07 Å². The van der Waals surface area contributed by atoms with Crippen LogP contribution in [-0.2, 0) is 9.47 Å². The van der Waals surface area contributed by atoms with E-state index in [4.69, 9.17) is 14.6 Å². The van der Waals surface area contributed by atoms with Crippen LogP contribution in [0.4, 0.5) is 0 Å².